The lowest BCUT2D eigenvalue weighted by Gasteiger charge is -2.34. The normalized spacial score (nSPS) is 22.1. The smallest absolute Gasteiger partial charge is 0.242 e. The number of hydrogen-bond acceptors (Lipinski definition) is 5. The maximum atomic E-state index is 12.5. The molecular weight excluding hydrogens is 342 g/mol. The van der Waals surface area contributed by atoms with Crippen LogP contribution in [0, 0.1) is 5.92 Å². The van der Waals surface area contributed by atoms with Crippen molar-refractivity contribution in [2.45, 2.75) is 70.4 Å². The highest BCUT2D eigenvalue weighted by Gasteiger charge is 2.25. The van der Waals surface area contributed by atoms with Crippen LogP contribution in [0.15, 0.2) is 18.3 Å². The van der Waals surface area contributed by atoms with Crippen molar-refractivity contribution in [3.63, 3.8) is 0 Å². The molecule has 0 bridgehead atoms. The Kier molecular flexibility index (Phi) is 7.01. The largest absolute Gasteiger partial charge is 0.353 e. The minimum absolute atomic E-state index is 0.00520. The molecule has 0 aromatic carbocycles. The van der Waals surface area contributed by atoms with Crippen LogP contribution in [-0.4, -0.2) is 47.2 Å². The molecule has 7 heteroatoms. The van der Waals surface area contributed by atoms with Gasteiger partial charge in [0.15, 0.2) is 5.82 Å². The van der Waals surface area contributed by atoms with Gasteiger partial charge in [0.2, 0.25) is 11.8 Å². The second-order valence-electron chi connectivity index (χ2n) is 7.87. The summed E-state index contributed by atoms with van der Waals surface area (Å²) >= 11 is 0. The van der Waals surface area contributed by atoms with Crippen molar-refractivity contribution in [1.29, 1.82) is 0 Å². The number of nitrogens with one attached hydrogen (secondary N) is 2. The second-order valence-corrected chi connectivity index (χ2v) is 7.87. The summed E-state index contributed by atoms with van der Waals surface area (Å²) in [6, 6.07) is 3.36. The summed E-state index contributed by atoms with van der Waals surface area (Å²) in [4.78, 5) is 26.9. The molecule has 3 rings (SSSR count). The lowest BCUT2D eigenvalue weighted by molar-refractivity contribution is -0.129. The number of rotatable bonds is 6. The van der Waals surface area contributed by atoms with Crippen molar-refractivity contribution in [2.24, 2.45) is 5.92 Å². The lowest BCUT2D eigenvalue weighted by Crippen LogP contribution is -2.53. The van der Waals surface area contributed by atoms with Crippen molar-refractivity contribution in [3.05, 3.63) is 18.3 Å². The Morgan fingerprint density at radius 3 is 2.78 bits per heavy atom. The Hall–Kier alpha value is -2.18. The van der Waals surface area contributed by atoms with Gasteiger partial charge in [-0.25, -0.2) is 0 Å². The Bertz CT molecular complexity index is 618. The van der Waals surface area contributed by atoms with Crippen LogP contribution in [0.4, 0.5) is 5.82 Å². The van der Waals surface area contributed by atoms with E-state index in [0.29, 0.717) is 18.9 Å². The molecular formula is C20H31N5O2. The molecule has 2 aliphatic rings. The molecule has 0 spiro atoms. The van der Waals surface area contributed by atoms with Gasteiger partial charge in [-0.1, -0.05) is 19.3 Å². The van der Waals surface area contributed by atoms with Crippen LogP contribution in [0.25, 0.3) is 0 Å². The number of carbonyl (C=O) groups excluding carboxylic acids is 2. The van der Waals surface area contributed by atoms with E-state index in [1.165, 1.54) is 19.3 Å². The molecule has 2 N–H and O–H groups in total. The zero-order chi connectivity index (χ0) is 19.1. The molecule has 0 radical (unpaired) electrons. The molecule has 1 saturated carbocycles. The maximum Gasteiger partial charge on any atom is 0.242 e. The standard InChI is InChI=1S/C20H31N5O2/c1-15(22-19(26)13-16-7-3-2-4-8-16)20(27)23-17-9-6-12-25(14-17)18-10-5-11-21-24-18/h5,10-11,15-17H,2-4,6-9,12-14H2,1H3,(H,22,26)(H,23,27). The minimum atomic E-state index is -0.506. The third-order valence-corrected chi connectivity index (χ3v) is 5.62. The van der Waals surface area contributed by atoms with Crippen LogP contribution < -0.4 is 15.5 Å². The van der Waals surface area contributed by atoms with Gasteiger partial charge in [0.25, 0.3) is 0 Å². The SMILES string of the molecule is CC(NC(=O)CC1CCCCC1)C(=O)NC1CCCN(c2cccnn2)C1. The molecule has 1 saturated heterocycles. The second kappa shape index (κ2) is 9.67. The molecule has 7 nitrogen and oxygen atoms in total. The van der Waals surface area contributed by atoms with E-state index in [2.05, 4.69) is 25.7 Å². The highest BCUT2D eigenvalue weighted by Crippen LogP contribution is 2.26. The van der Waals surface area contributed by atoms with Gasteiger partial charge in [0.1, 0.15) is 6.04 Å². The van der Waals surface area contributed by atoms with Crippen LogP contribution in [0.1, 0.15) is 58.3 Å². The third-order valence-electron chi connectivity index (χ3n) is 5.62. The van der Waals surface area contributed by atoms with Gasteiger partial charge in [-0.3, -0.25) is 9.59 Å². The maximum absolute atomic E-state index is 12.5. The highest BCUT2D eigenvalue weighted by molar-refractivity contribution is 5.87. The fraction of sp³-hybridized carbons (Fsp3) is 0.700. The van der Waals surface area contributed by atoms with Crippen molar-refractivity contribution in [2.75, 3.05) is 18.0 Å². The van der Waals surface area contributed by atoms with Gasteiger partial charge >= 0.3 is 0 Å². The third kappa shape index (κ3) is 5.91. The predicted molar refractivity (Wildman–Crippen MR) is 104 cm³/mol. The fourth-order valence-corrected chi connectivity index (χ4v) is 4.11. The summed E-state index contributed by atoms with van der Waals surface area (Å²) in [6.07, 6.45) is 10.1. The first-order valence-corrected chi connectivity index (χ1v) is 10.2. The number of hydrogen-bond donors (Lipinski definition) is 2. The van der Waals surface area contributed by atoms with Crippen LogP contribution in [0.5, 0.6) is 0 Å². The number of nitrogens with zero attached hydrogens (tertiary/aromatic N) is 3. The minimum Gasteiger partial charge on any atom is -0.353 e. The number of anilines is 1. The zero-order valence-electron chi connectivity index (χ0n) is 16.2. The Balaban J connectivity index is 1.43. The van der Waals surface area contributed by atoms with Gasteiger partial charge in [-0.2, -0.15) is 5.10 Å². The number of piperidine rings is 1. The van der Waals surface area contributed by atoms with Crippen LogP contribution in [-0.2, 0) is 9.59 Å². The van der Waals surface area contributed by atoms with E-state index in [1.54, 1.807) is 13.1 Å². The van der Waals surface area contributed by atoms with Crippen LogP contribution in [0.3, 0.4) is 0 Å². The molecule has 2 amide bonds. The summed E-state index contributed by atoms with van der Waals surface area (Å²) in [5, 5.41) is 14.0. The van der Waals surface area contributed by atoms with Gasteiger partial charge in [-0.05, 0) is 50.7 Å². The molecule has 1 aliphatic carbocycles. The summed E-state index contributed by atoms with van der Waals surface area (Å²) in [5.41, 5.74) is 0. The number of carbonyl (C=O) groups is 2. The summed E-state index contributed by atoms with van der Waals surface area (Å²) in [5.74, 6) is 1.20. The molecule has 1 aromatic heterocycles. The van der Waals surface area contributed by atoms with Gasteiger partial charge in [0, 0.05) is 31.7 Å². The number of amides is 2. The van der Waals surface area contributed by atoms with E-state index in [0.717, 1.165) is 38.0 Å². The quantitative estimate of drug-likeness (QED) is 0.797. The monoisotopic (exact) mass is 373 g/mol. The van der Waals surface area contributed by atoms with Crippen molar-refractivity contribution >= 4 is 17.6 Å². The molecule has 27 heavy (non-hydrogen) atoms. The lowest BCUT2D eigenvalue weighted by atomic mass is 9.87. The van der Waals surface area contributed by atoms with Gasteiger partial charge in [-0.15, -0.1) is 5.10 Å². The zero-order valence-corrected chi connectivity index (χ0v) is 16.2. The van der Waals surface area contributed by atoms with Crippen LogP contribution in [0.2, 0.25) is 0 Å². The topological polar surface area (TPSA) is 87.2 Å². The molecule has 2 atom stereocenters. The van der Waals surface area contributed by atoms with Gasteiger partial charge in [0.05, 0.1) is 0 Å². The predicted octanol–water partition coefficient (Wildman–Crippen LogP) is 2.04. The molecule has 2 unspecified atom stereocenters. The number of aromatic nitrogens is 2. The van der Waals surface area contributed by atoms with Crippen LogP contribution >= 0.6 is 0 Å². The van der Waals surface area contributed by atoms with E-state index < -0.39 is 6.04 Å². The average molecular weight is 374 g/mol. The first kappa shape index (κ1) is 19.6. The average Bonchev–Trinajstić information content (AvgIpc) is 2.69. The van der Waals surface area contributed by atoms with E-state index in [1.807, 2.05) is 12.1 Å². The molecule has 1 aliphatic heterocycles. The van der Waals surface area contributed by atoms with E-state index in [4.69, 9.17) is 0 Å². The summed E-state index contributed by atoms with van der Waals surface area (Å²) in [6.45, 7) is 3.39. The Labute approximate surface area is 161 Å². The van der Waals surface area contributed by atoms with Crippen molar-refractivity contribution < 1.29 is 9.59 Å². The highest BCUT2D eigenvalue weighted by atomic mass is 16.2. The molecule has 2 heterocycles. The fourth-order valence-electron chi connectivity index (χ4n) is 4.11. The first-order chi connectivity index (χ1) is 13.1. The van der Waals surface area contributed by atoms with E-state index >= 15 is 0 Å². The molecule has 2 fully saturated rings. The Morgan fingerprint density at radius 1 is 1.22 bits per heavy atom. The van der Waals surface area contributed by atoms with Crippen molar-refractivity contribution in [1.82, 2.24) is 20.8 Å². The van der Waals surface area contributed by atoms with Crippen molar-refractivity contribution in [3.8, 4) is 0 Å². The summed E-state index contributed by atoms with van der Waals surface area (Å²) in [7, 11) is 0. The molecule has 148 valence electrons. The van der Waals surface area contributed by atoms with Gasteiger partial charge < -0.3 is 15.5 Å². The van der Waals surface area contributed by atoms with E-state index in [9.17, 15) is 9.59 Å². The molecule has 1 aromatic rings. The first-order valence-electron chi connectivity index (χ1n) is 10.2. The van der Waals surface area contributed by atoms with E-state index in [-0.39, 0.29) is 17.9 Å². The Morgan fingerprint density at radius 2 is 2.04 bits per heavy atom. The summed E-state index contributed by atoms with van der Waals surface area (Å²) < 4.78 is 0.